The Kier molecular flexibility index (Phi) is 6.20. The van der Waals surface area contributed by atoms with Gasteiger partial charge in [-0.25, -0.2) is 22.9 Å². The van der Waals surface area contributed by atoms with Gasteiger partial charge in [-0.2, -0.15) is 0 Å². The average Bonchev–Trinajstić information content (AvgIpc) is 3.20. The molecule has 0 saturated heterocycles. The molecule has 37 heavy (non-hydrogen) atoms. The fraction of sp³-hybridized carbons (Fsp3) is 0.192. The van der Waals surface area contributed by atoms with Crippen molar-refractivity contribution in [2.24, 2.45) is 0 Å². The molecule has 2 N–H and O–H groups in total. The smallest absolute Gasteiger partial charge is 0.411 e. The Labute approximate surface area is 208 Å². The van der Waals surface area contributed by atoms with Crippen LogP contribution in [0.1, 0.15) is 39.8 Å². The molecule has 1 atom stereocenters. The first-order valence-electron chi connectivity index (χ1n) is 11.4. The number of pyridine rings is 1. The van der Waals surface area contributed by atoms with Crippen molar-refractivity contribution in [3.63, 3.8) is 0 Å². The van der Waals surface area contributed by atoms with Crippen molar-refractivity contribution < 1.29 is 32.6 Å². The molecule has 0 saturated carbocycles. The minimum atomic E-state index is -1.17. The lowest BCUT2D eigenvalue weighted by Gasteiger charge is -2.33. The molecule has 0 bridgehead atoms. The first-order valence-corrected chi connectivity index (χ1v) is 11.4. The third-order valence-electron chi connectivity index (χ3n) is 6.27. The minimum absolute atomic E-state index is 0.121. The molecule has 0 aliphatic carbocycles. The molecule has 1 aliphatic rings. The molecule has 1 unspecified atom stereocenters. The van der Waals surface area contributed by atoms with Gasteiger partial charge in [0.25, 0.3) is 5.91 Å². The molecule has 5 rings (SSSR count). The summed E-state index contributed by atoms with van der Waals surface area (Å²) in [6.07, 6.45) is 0.673. The van der Waals surface area contributed by atoms with E-state index in [1.54, 1.807) is 25.3 Å². The average molecular weight is 510 g/mol. The maximum Gasteiger partial charge on any atom is 0.411 e. The largest absolute Gasteiger partial charge is 0.485 e. The number of carbonyl (C=O) groups excluding carboxylic acids is 1. The fourth-order valence-corrected chi connectivity index (χ4v) is 4.52. The van der Waals surface area contributed by atoms with Crippen LogP contribution in [-0.2, 0) is 6.61 Å². The Morgan fingerprint density at radius 2 is 1.89 bits per heavy atom. The molecule has 0 fully saturated rings. The van der Waals surface area contributed by atoms with E-state index in [4.69, 9.17) is 4.74 Å². The summed E-state index contributed by atoms with van der Waals surface area (Å²) in [5, 5.41) is 12.3. The lowest BCUT2D eigenvalue weighted by Crippen LogP contribution is -2.40. The van der Waals surface area contributed by atoms with Crippen LogP contribution in [0.25, 0.3) is 5.65 Å². The van der Waals surface area contributed by atoms with Gasteiger partial charge in [-0.15, -0.1) is 0 Å². The van der Waals surface area contributed by atoms with Gasteiger partial charge >= 0.3 is 6.09 Å². The highest BCUT2D eigenvalue weighted by Gasteiger charge is 2.31. The summed E-state index contributed by atoms with van der Waals surface area (Å²) in [4.78, 5) is 30.5. The number of halogens is 3. The van der Waals surface area contributed by atoms with E-state index in [-0.39, 0.29) is 42.2 Å². The van der Waals surface area contributed by atoms with Crippen molar-refractivity contribution in [3.05, 3.63) is 94.7 Å². The minimum Gasteiger partial charge on any atom is -0.485 e. The van der Waals surface area contributed by atoms with E-state index in [1.807, 2.05) is 0 Å². The second kappa shape index (κ2) is 9.49. The molecule has 8 nitrogen and oxygen atoms in total. The number of hydrogen-bond acceptors (Lipinski definition) is 4. The van der Waals surface area contributed by atoms with E-state index < -0.39 is 35.5 Å². The number of imidazole rings is 1. The van der Waals surface area contributed by atoms with Crippen molar-refractivity contribution in [1.82, 2.24) is 14.7 Å². The Morgan fingerprint density at radius 1 is 1.14 bits per heavy atom. The van der Waals surface area contributed by atoms with Crippen molar-refractivity contribution >= 4 is 23.3 Å². The summed E-state index contributed by atoms with van der Waals surface area (Å²) in [7, 11) is 0. The van der Waals surface area contributed by atoms with Crippen LogP contribution in [0.3, 0.4) is 0 Å². The molecule has 4 aromatic rings. The van der Waals surface area contributed by atoms with E-state index in [2.05, 4.69) is 10.3 Å². The number of rotatable bonds is 5. The van der Waals surface area contributed by atoms with E-state index in [0.717, 1.165) is 17.0 Å². The van der Waals surface area contributed by atoms with Crippen molar-refractivity contribution in [3.8, 4) is 5.75 Å². The van der Waals surface area contributed by atoms with Crippen LogP contribution >= 0.6 is 0 Å². The Balaban J connectivity index is 1.43. The molecule has 1 aliphatic heterocycles. The van der Waals surface area contributed by atoms with E-state index in [0.29, 0.717) is 16.9 Å². The zero-order valence-corrected chi connectivity index (χ0v) is 19.5. The van der Waals surface area contributed by atoms with E-state index in [1.165, 1.54) is 28.7 Å². The van der Waals surface area contributed by atoms with Crippen LogP contribution in [-0.4, -0.2) is 33.0 Å². The standard InChI is InChI=1S/C26H21F3N4O4/c1-14-23(25(34)31-20-9-11-32(26(35)36)21-8-7-15(27)12-16(20)21)33-10-3-6-22(24(33)30-14)37-13-17-18(28)4-2-5-19(17)29/h2-8,10,12,20H,9,11,13H2,1H3,(H,31,34)(H,35,36). The number of anilines is 1. The van der Waals surface area contributed by atoms with Crippen LogP contribution < -0.4 is 15.0 Å². The van der Waals surface area contributed by atoms with Crippen LogP contribution in [0.4, 0.5) is 23.7 Å². The van der Waals surface area contributed by atoms with Crippen molar-refractivity contribution in [2.75, 3.05) is 11.4 Å². The molecular formula is C26H21F3N4O4. The van der Waals surface area contributed by atoms with Crippen LogP contribution in [0.15, 0.2) is 54.7 Å². The summed E-state index contributed by atoms with van der Waals surface area (Å²) in [6.45, 7) is 1.37. The number of aromatic nitrogens is 2. The summed E-state index contributed by atoms with van der Waals surface area (Å²) in [5.41, 5.74) is 1.25. The molecule has 0 radical (unpaired) electrons. The molecule has 190 valence electrons. The number of carboxylic acid groups (broad SMARTS) is 1. The molecule has 0 spiro atoms. The van der Waals surface area contributed by atoms with Gasteiger partial charge in [0.2, 0.25) is 0 Å². The van der Waals surface area contributed by atoms with Crippen molar-refractivity contribution in [1.29, 1.82) is 0 Å². The summed E-state index contributed by atoms with van der Waals surface area (Å²) >= 11 is 0. The Hall–Kier alpha value is -4.54. The van der Waals surface area contributed by atoms with Gasteiger partial charge in [0, 0.05) is 18.3 Å². The van der Waals surface area contributed by atoms with Gasteiger partial charge in [-0.05, 0) is 55.8 Å². The lowest BCUT2D eigenvalue weighted by molar-refractivity contribution is 0.0927. The third kappa shape index (κ3) is 4.44. The molecule has 11 heteroatoms. The van der Waals surface area contributed by atoms with Gasteiger partial charge in [0.15, 0.2) is 11.4 Å². The highest BCUT2D eigenvalue weighted by molar-refractivity contribution is 5.96. The summed E-state index contributed by atoms with van der Waals surface area (Å²) in [5.74, 6) is -2.32. The SMILES string of the molecule is Cc1nc2c(OCc3c(F)cccc3F)cccn2c1C(=O)NC1CCN(C(=O)O)c2ccc(F)cc21. The highest BCUT2D eigenvalue weighted by atomic mass is 19.1. The predicted molar refractivity (Wildman–Crippen MR) is 127 cm³/mol. The number of amides is 2. The first-order chi connectivity index (χ1) is 17.7. The van der Waals surface area contributed by atoms with Gasteiger partial charge in [-0.3, -0.25) is 14.1 Å². The number of nitrogens with one attached hydrogen (secondary N) is 1. The second-order valence-corrected chi connectivity index (χ2v) is 8.55. The van der Waals surface area contributed by atoms with Crippen LogP contribution in [0.2, 0.25) is 0 Å². The number of nitrogens with zero attached hydrogens (tertiary/aromatic N) is 3. The Morgan fingerprint density at radius 3 is 2.62 bits per heavy atom. The van der Waals surface area contributed by atoms with Gasteiger partial charge in [0.1, 0.15) is 29.8 Å². The normalized spacial score (nSPS) is 14.9. The van der Waals surface area contributed by atoms with Crippen LogP contribution in [0.5, 0.6) is 5.75 Å². The first kappa shape index (κ1) is 24.2. The summed E-state index contributed by atoms with van der Waals surface area (Å²) in [6, 6.07) is 9.82. The fourth-order valence-electron chi connectivity index (χ4n) is 4.52. The number of benzene rings is 2. The highest BCUT2D eigenvalue weighted by Crippen LogP contribution is 2.35. The quantitative estimate of drug-likeness (QED) is 0.394. The molecular weight excluding hydrogens is 489 g/mol. The zero-order chi connectivity index (χ0) is 26.3. The molecule has 2 aromatic heterocycles. The van der Waals surface area contributed by atoms with E-state index >= 15 is 0 Å². The summed E-state index contributed by atoms with van der Waals surface area (Å²) < 4.78 is 49.2. The van der Waals surface area contributed by atoms with E-state index in [9.17, 15) is 27.9 Å². The number of carbonyl (C=O) groups is 2. The van der Waals surface area contributed by atoms with Crippen molar-refractivity contribution in [2.45, 2.75) is 26.0 Å². The maximum atomic E-state index is 14.0. The topological polar surface area (TPSA) is 96.2 Å². The van der Waals surface area contributed by atoms with Crippen LogP contribution in [0, 0.1) is 24.4 Å². The lowest BCUT2D eigenvalue weighted by atomic mass is 9.96. The number of aryl methyl sites for hydroxylation is 1. The Bertz CT molecular complexity index is 1520. The van der Waals surface area contributed by atoms with Gasteiger partial charge in [-0.1, -0.05) is 6.07 Å². The number of ether oxygens (including phenoxy) is 1. The molecule has 2 amide bonds. The zero-order valence-electron chi connectivity index (χ0n) is 19.5. The number of fused-ring (bicyclic) bond motifs is 2. The number of hydrogen-bond donors (Lipinski definition) is 2. The van der Waals surface area contributed by atoms with Gasteiger partial charge < -0.3 is 15.2 Å². The molecule has 2 aromatic carbocycles. The maximum absolute atomic E-state index is 14.0. The molecule has 3 heterocycles. The third-order valence-corrected chi connectivity index (χ3v) is 6.27. The van der Waals surface area contributed by atoms with Gasteiger partial charge in [0.05, 0.1) is 23.0 Å². The second-order valence-electron chi connectivity index (χ2n) is 8.55. The monoisotopic (exact) mass is 510 g/mol. The predicted octanol–water partition coefficient (Wildman–Crippen LogP) is 5.00.